The maximum atomic E-state index is 11.6. The van der Waals surface area contributed by atoms with Crippen molar-refractivity contribution >= 4 is 22.8 Å². The second kappa shape index (κ2) is 10.4. The quantitative estimate of drug-likeness (QED) is 0.428. The van der Waals surface area contributed by atoms with E-state index in [-0.39, 0.29) is 12.0 Å². The number of anilines is 1. The van der Waals surface area contributed by atoms with Crippen LogP contribution < -0.4 is 9.64 Å². The van der Waals surface area contributed by atoms with E-state index in [0.717, 1.165) is 91.7 Å². The smallest absolute Gasteiger partial charge is 0.219 e. The third kappa shape index (κ3) is 4.93. The maximum absolute atomic E-state index is 11.6. The molecule has 4 heterocycles. The first-order valence-corrected chi connectivity index (χ1v) is 13.2. The number of nitrogens with zero attached hydrogens (tertiary/aromatic N) is 5. The lowest BCUT2D eigenvalue weighted by Gasteiger charge is -2.31. The SMILES string of the molecule is CC(=O)N1CCC(Oc2ccc(-c3ncnc4[nH]c(-c5ccc(N6CCOCC6)cc5)nc34)cc2C)CC1. The summed E-state index contributed by atoms with van der Waals surface area (Å²) in [5.41, 5.74) is 6.43. The highest BCUT2D eigenvalue weighted by atomic mass is 16.5. The Balaban J connectivity index is 1.21. The van der Waals surface area contributed by atoms with E-state index in [1.165, 1.54) is 5.69 Å². The minimum absolute atomic E-state index is 0.115. The van der Waals surface area contributed by atoms with Gasteiger partial charge in [0.05, 0.1) is 13.2 Å². The number of piperidine rings is 1. The zero-order chi connectivity index (χ0) is 26.1. The molecule has 9 nitrogen and oxygen atoms in total. The third-order valence-electron chi connectivity index (χ3n) is 7.43. The van der Waals surface area contributed by atoms with Crippen molar-refractivity contribution in [1.29, 1.82) is 0 Å². The molecular formula is C29H32N6O3. The van der Waals surface area contributed by atoms with Gasteiger partial charge in [0.25, 0.3) is 0 Å². The lowest BCUT2D eigenvalue weighted by atomic mass is 10.1. The number of imidazole rings is 1. The van der Waals surface area contributed by atoms with E-state index in [1.807, 2.05) is 24.0 Å². The van der Waals surface area contributed by atoms with Crippen molar-refractivity contribution in [3.63, 3.8) is 0 Å². The summed E-state index contributed by atoms with van der Waals surface area (Å²) < 4.78 is 11.8. The topological polar surface area (TPSA) is 96.5 Å². The molecule has 2 aliphatic rings. The maximum Gasteiger partial charge on any atom is 0.219 e. The molecular weight excluding hydrogens is 480 g/mol. The van der Waals surface area contributed by atoms with Gasteiger partial charge < -0.3 is 24.3 Å². The van der Waals surface area contributed by atoms with Gasteiger partial charge in [0.2, 0.25) is 5.91 Å². The van der Waals surface area contributed by atoms with Crippen LogP contribution in [0.3, 0.4) is 0 Å². The van der Waals surface area contributed by atoms with Crippen LogP contribution in [0.15, 0.2) is 48.8 Å². The molecule has 1 N–H and O–H groups in total. The summed E-state index contributed by atoms with van der Waals surface area (Å²) in [7, 11) is 0. The molecule has 0 saturated carbocycles. The normalized spacial score (nSPS) is 16.7. The number of aromatic amines is 1. The fourth-order valence-corrected chi connectivity index (χ4v) is 5.22. The number of hydrogen-bond acceptors (Lipinski definition) is 7. The van der Waals surface area contributed by atoms with Gasteiger partial charge in [-0.2, -0.15) is 0 Å². The van der Waals surface area contributed by atoms with Gasteiger partial charge in [-0.15, -0.1) is 0 Å². The Labute approximate surface area is 221 Å². The zero-order valence-corrected chi connectivity index (χ0v) is 21.8. The highest BCUT2D eigenvalue weighted by Crippen LogP contribution is 2.31. The number of carbonyl (C=O) groups is 1. The number of ether oxygens (including phenoxy) is 2. The van der Waals surface area contributed by atoms with Crippen LogP contribution in [0.1, 0.15) is 25.3 Å². The number of morpholine rings is 1. The van der Waals surface area contributed by atoms with Crippen molar-refractivity contribution in [2.75, 3.05) is 44.3 Å². The number of carbonyl (C=O) groups excluding carboxylic acids is 1. The zero-order valence-electron chi connectivity index (χ0n) is 21.8. The molecule has 0 radical (unpaired) electrons. The van der Waals surface area contributed by atoms with Crippen LogP contribution in [-0.2, 0) is 9.53 Å². The van der Waals surface area contributed by atoms with Crippen molar-refractivity contribution < 1.29 is 14.3 Å². The van der Waals surface area contributed by atoms with Crippen molar-refractivity contribution in [3.05, 3.63) is 54.4 Å². The molecule has 0 unspecified atom stereocenters. The molecule has 196 valence electrons. The van der Waals surface area contributed by atoms with E-state index >= 15 is 0 Å². The number of H-pyrrole nitrogens is 1. The number of rotatable bonds is 5. The largest absolute Gasteiger partial charge is 0.490 e. The predicted molar refractivity (Wildman–Crippen MR) is 146 cm³/mol. The molecule has 9 heteroatoms. The molecule has 0 atom stereocenters. The Morgan fingerprint density at radius 2 is 1.74 bits per heavy atom. The van der Waals surface area contributed by atoms with E-state index < -0.39 is 0 Å². The Kier molecular flexibility index (Phi) is 6.68. The lowest BCUT2D eigenvalue weighted by Crippen LogP contribution is -2.40. The number of aryl methyl sites for hydroxylation is 1. The first kappa shape index (κ1) is 24.4. The molecule has 1 amide bonds. The van der Waals surface area contributed by atoms with Gasteiger partial charge in [0, 0.05) is 62.8 Å². The van der Waals surface area contributed by atoms with Gasteiger partial charge in [-0.1, -0.05) is 0 Å². The van der Waals surface area contributed by atoms with Crippen LogP contribution in [0.4, 0.5) is 5.69 Å². The highest BCUT2D eigenvalue weighted by Gasteiger charge is 2.23. The summed E-state index contributed by atoms with van der Waals surface area (Å²) in [4.78, 5) is 33.1. The molecule has 38 heavy (non-hydrogen) atoms. The van der Waals surface area contributed by atoms with Crippen molar-refractivity contribution in [2.45, 2.75) is 32.8 Å². The molecule has 2 fully saturated rings. The van der Waals surface area contributed by atoms with Crippen LogP contribution in [0.25, 0.3) is 33.8 Å². The fraction of sp³-hybridized carbons (Fsp3) is 0.379. The van der Waals surface area contributed by atoms with Gasteiger partial charge in [-0.25, -0.2) is 15.0 Å². The van der Waals surface area contributed by atoms with Gasteiger partial charge in [0.1, 0.15) is 35.2 Å². The molecule has 2 aromatic carbocycles. The number of aromatic nitrogens is 4. The summed E-state index contributed by atoms with van der Waals surface area (Å²) in [5.74, 6) is 1.76. The lowest BCUT2D eigenvalue weighted by molar-refractivity contribution is -0.130. The summed E-state index contributed by atoms with van der Waals surface area (Å²) in [5, 5.41) is 0. The van der Waals surface area contributed by atoms with Crippen molar-refractivity contribution in [3.8, 4) is 28.4 Å². The van der Waals surface area contributed by atoms with E-state index in [2.05, 4.69) is 50.2 Å². The molecule has 4 aromatic rings. The third-order valence-corrected chi connectivity index (χ3v) is 7.43. The van der Waals surface area contributed by atoms with E-state index in [9.17, 15) is 4.79 Å². The Bertz CT molecular complexity index is 1440. The molecule has 0 aliphatic carbocycles. The standard InChI is InChI=1S/C29H32N6O3/c1-19-17-22(5-8-25(19)38-24-9-11-34(12-10-24)20(2)36)26-27-29(31-18-30-26)33-28(32-27)21-3-6-23(7-4-21)35-13-15-37-16-14-35/h3-8,17-18,24H,9-16H2,1-2H3,(H,30,31,32,33). The number of fused-ring (bicyclic) bond motifs is 1. The van der Waals surface area contributed by atoms with Crippen LogP contribution in [0.2, 0.25) is 0 Å². The minimum atomic E-state index is 0.115. The Morgan fingerprint density at radius 1 is 1.00 bits per heavy atom. The van der Waals surface area contributed by atoms with Gasteiger partial charge in [-0.3, -0.25) is 4.79 Å². The van der Waals surface area contributed by atoms with Crippen molar-refractivity contribution in [2.24, 2.45) is 0 Å². The Morgan fingerprint density at radius 3 is 2.45 bits per heavy atom. The first-order chi connectivity index (χ1) is 18.5. The second-order valence-electron chi connectivity index (χ2n) is 9.95. The van der Waals surface area contributed by atoms with Crippen LogP contribution in [-0.4, -0.2) is 76.2 Å². The second-order valence-corrected chi connectivity index (χ2v) is 9.95. The summed E-state index contributed by atoms with van der Waals surface area (Å²) in [6.07, 6.45) is 3.38. The van der Waals surface area contributed by atoms with Crippen LogP contribution in [0.5, 0.6) is 5.75 Å². The van der Waals surface area contributed by atoms with Gasteiger partial charge in [0.15, 0.2) is 5.65 Å². The Hall–Kier alpha value is -3.98. The summed E-state index contributed by atoms with van der Waals surface area (Å²) in [6.45, 7) is 8.50. The number of likely N-dealkylation sites (tertiary alicyclic amines) is 1. The molecule has 2 aromatic heterocycles. The highest BCUT2D eigenvalue weighted by molar-refractivity contribution is 5.89. The van der Waals surface area contributed by atoms with E-state index in [1.54, 1.807) is 13.3 Å². The number of hydrogen-bond donors (Lipinski definition) is 1. The summed E-state index contributed by atoms with van der Waals surface area (Å²) in [6, 6.07) is 14.6. The van der Waals surface area contributed by atoms with Crippen LogP contribution >= 0.6 is 0 Å². The number of nitrogens with one attached hydrogen (secondary N) is 1. The molecule has 0 spiro atoms. The molecule has 6 rings (SSSR count). The minimum Gasteiger partial charge on any atom is -0.490 e. The van der Waals surface area contributed by atoms with Crippen molar-refractivity contribution in [1.82, 2.24) is 24.8 Å². The summed E-state index contributed by atoms with van der Waals surface area (Å²) >= 11 is 0. The number of amides is 1. The van der Waals surface area contributed by atoms with Crippen LogP contribution in [0, 0.1) is 6.92 Å². The van der Waals surface area contributed by atoms with Gasteiger partial charge in [-0.05, 0) is 55.0 Å². The predicted octanol–water partition coefficient (Wildman–Crippen LogP) is 4.22. The molecule has 0 bridgehead atoms. The average molecular weight is 513 g/mol. The van der Waals surface area contributed by atoms with Gasteiger partial charge >= 0.3 is 0 Å². The molecule has 2 aliphatic heterocycles. The van der Waals surface area contributed by atoms with E-state index in [4.69, 9.17) is 14.5 Å². The van der Waals surface area contributed by atoms with E-state index in [0.29, 0.717) is 5.65 Å². The fourth-order valence-electron chi connectivity index (χ4n) is 5.22. The molecule has 2 saturated heterocycles. The average Bonchev–Trinajstić information content (AvgIpc) is 3.40. The number of benzene rings is 2. The first-order valence-electron chi connectivity index (χ1n) is 13.2. The monoisotopic (exact) mass is 512 g/mol.